The number of thiophene rings is 1. The minimum Gasteiger partial charge on any atom is -0.377 e. The Morgan fingerprint density at radius 1 is 1.20 bits per heavy atom. The van der Waals surface area contributed by atoms with E-state index in [-0.39, 0.29) is 0 Å². The third kappa shape index (κ3) is 1.70. The quantitative estimate of drug-likeness (QED) is 0.824. The fourth-order valence-electron chi connectivity index (χ4n) is 1.99. The van der Waals surface area contributed by atoms with E-state index < -0.39 is 0 Å². The van der Waals surface area contributed by atoms with Gasteiger partial charge in [0.1, 0.15) is 0 Å². The van der Waals surface area contributed by atoms with Gasteiger partial charge in [-0.3, -0.25) is 0 Å². The zero-order valence-electron chi connectivity index (χ0n) is 8.03. The zero-order valence-corrected chi connectivity index (χ0v) is 10.4. The van der Waals surface area contributed by atoms with E-state index in [9.17, 15) is 0 Å². The zero-order chi connectivity index (χ0) is 10.3. The Morgan fingerprint density at radius 3 is 2.80 bits per heavy atom. The van der Waals surface area contributed by atoms with Crippen LogP contribution in [-0.4, -0.2) is 0 Å². The number of fused-ring (bicyclic) bond motifs is 1. The molecule has 2 heterocycles. The van der Waals surface area contributed by atoms with E-state index in [2.05, 4.69) is 57.6 Å². The van der Waals surface area contributed by atoms with Gasteiger partial charge in [-0.25, -0.2) is 0 Å². The van der Waals surface area contributed by atoms with Crippen molar-refractivity contribution < 1.29 is 0 Å². The molecule has 1 aromatic carbocycles. The molecule has 1 unspecified atom stereocenters. The lowest BCUT2D eigenvalue weighted by molar-refractivity contribution is 0.843. The van der Waals surface area contributed by atoms with E-state index in [1.807, 2.05) is 11.3 Å². The predicted molar refractivity (Wildman–Crippen MR) is 68.5 cm³/mol. The molecule has 3 heteroatoms. The summed E-state index contributed by atoms with van der Waals surface area (Å²) in [5.41, 5.74) is 2.71. The highest BCUT2D eigenvalue weighted by atomic mass is 79.9. The van der Waals surface area contributed by atoms with Crippen LogP contribution in [0.3, 0.4) is 0 Å². The molecular weight excluding hydrogens is 270 g/mol. The number of anilines is 1. The van der Waals surface area contributed by atoms with Gasteiger partial charge in [-0.05, 0) is 46.1 Å². The molecule has 1 aliphatic rings. The van der Waals surface area contributed by atoms with E-state index in [0.29, 0.717) is 6.04 Å². The van der Waals surface area contributed by atoms with Crippen LogP contribution >= 0.6 is 27.3 Å². The van der Waals surface area contributed by atoms with Crippen molar-refractivity contribution in [1.82, 2.24) is 0 Å². The van der Waals surface area contributed by atoms with Gasteiger partial charge in [-0.15, -0.1) is 11.3 Å². The Bertz CT molecular complexity index is 467. The van der Waals surface area contributed by atoms with Crippen molar-refractivity contribution in [2.45, 2.75) is 12.5 Å². The lowest BCUT2D eigenvalue weighted by Gasteiger charge is -2.07. The van der Waals surface area contributed by atoms with Gasteiger partial charge in [-0.2, -0.15) is 0 Å². The van der Waals surface area contributed by atoms with Gasteiger partial charge in [0.05, 0.1) is 9.83 Å². The van der Waals surface area contributed by atoms with Crippen molar-refractivity contribution >= 4 is 33.0 Å². The maximum absolute atomic E-state index is 3.55. The molecule has 1 N–H and O–H groups in total. The molecule has 2 aromatic rings. The van der Waals surface area contributed by atoms with Crippen LogP contribution in [0.5, 0.6) is 0 Å². The number of hydrogen-bond acceptors (Lipinski definition) is 2. The topological polar surface area (TPSA) is 12.0 Å². The summed E-state index contributed by atoms with van der Waals surface area (Å²) in [5, 5.41) is 3.55. The third-order valence-corrected chi connectivity index (χ3v) is 4.45. The van der Waals surface area contributed by atoms with Crippen LogP contribution in [-0.2, 0) is 6.42 Å². The Kier molecular flexibility index (Phi) is 2.29. The first-order valence-electron chi connectivity index (χ1n) is 4.92. The van der Waals surface area contributed by atoms with Crippen molar-refractivity contribution in [3.8, 4) is 0 Å². The van der Waals surface area contributed by atoms with Crippen LogP contribution in [0.4, 0.5) is 5.69 Å². The first kappa shape index (κ1) is 9.43. The van der Waals surface area contributed by atoms with Gasteiger partial charge in [0.25, 0.3) is 0 Å². The molecule has 1 aromatic heterocycles. The van der Waals surface area contributed by atoms with Crippen LogP contribution in [0.25, 0.3) is 0 Å². The maximum atomic E-state index is 3.55. The number of hydrogen-bond donors (Lipinski definition) is 1. The molecule has 0 spiro atoms. The number of benzene rings is 1. The average Bonchev–Trinajstić information content (AvgIpc) is 2.82. The van der Waals surface area contributed by atoms with Gasteiger partial charge < -0.3 is 5.32 Å². The van der Waals surface area contributed by atoms with Crippen LogP contribution in [0.2, 0.25) is 0 Å². The van der Waals surface area contributed by atoms with Crippen LogP contribution < -0.4 is 5.32 Å². The summed E-state index contributed by atoms with van der Waals surface area (Å²) in [6, 6.07) is 13.3. The van der Waals surface area contributed by atoms with E-state index in [0.717, 1.165) is 6.42 Å². The maximum Gasteiger partial charge on any atom is 0.0702 e. The molecule has 76 valence electrons. The summed E-state index contributed by atoms with van der Waals surface area (Å²) in [7, 11) is 0. The minimum atomic E-state index is 0.457. The van der Waals surface area contributed by atoms with E-state index in [1.165, 1.54) is 19.9 Å². The van der Waals surface area contributed by atoms with Gasteiger partial charge in [0.2, 0.25) is 0 Å². The first-order valence-corrected chi connectivity index (χ1v) is 6.53. The molecule has 3 rings (SSSR count). The van der Waals surface area contributed by atoms with Crippen molar-refractivity contribution in [1.29, 1.82) is 0 Å². The molecule has 0 fully saturated rings. The molecule has 0 aliphatic carbocycles. The summed E-state index contributed by atoms with van der Waals surface area (Å²) in [5.74, 6) is 0. The largest absolute Gasteiger partial charge is 0.377 e. The number of halogens is 1. The summed E-state index contributed by atoms with van der Waals surface area (Å²) >= 11 is 5.31. The van der Waals surface area contributed by atoms with Crippen molar-refractivity contribution in [3.05, 3.63) is 50.6 Å². The highest BCUT2D eigenvalue weighted by Gasteiger charge is 2.22. The normalized spacial score (nSPS) is 18.6. The van der Waals surface area contributed by atoms with Crippen LogP contribution in [0, 0.1) is 0 Å². The monoisotopic (exact) mass is 279 g/mol. The van der Waals surface area contributed by atoms with Crippen LogP contribution in [0.1, 0.15) is 16.5 Å². The molecule has 0 saturated carbocycles. The molecule has 15 heavy (non-hydrogen) atoms. The fraction of sp³-hybridized carbons (Fsp3) is 0.167. The van der Waals surface area contributed by atoms with Gasteiger partial charge in [-0.1, -0.05) is 18.2 Å². The number of rotatable bonds is 1. The molecule has 0 radical (unpaired) electrons. The van der Waals surface area contributed by atoms with E-state index in [4.69, 9.17) is 0 Å². The number of para-hydroxylation sites is 1. The van der Waals surface area contributed by atoms with Crippen molar-refractivity contribution in [2.24, 2.45) is 0 Å². The molecule has 1 aliphatic heterocycles. The van der Waals surface area contributed by atoms with Gasteiger partial charge in [0.15, 0.2) is 0 Å². The summed E-state index contributed by atoms with van der Waals surface area (Å²) in [4.78, 5) is 1.40. The SMILES string of the molecule is Brc1ccc(C2Cc3ccccc3N2)s1. The van der Waals surface area contributed by atoms with Crippen molar-refractivity contribution in [3.63, 3.8) is 0 Å². The molecule has 0 bridgehead atoms. The second kappa shape index (κ2) is 3.65. The molecular formula is C12H10BrNS. The van der Waals surface area contributed by atoms with E-state index in [1.54, 1.807) is 0 Å². The molecule has 0 amide bonds. The Morgan fingerprint density at radius 2 is 2.07 bits per heavy atom. The molecule has 0 saturated heterocycles. The van der Waals surface area contributed by atoms with Gasteiger partial charge in [0, 0.05) is 10.6 Å². The standard InChI is InChI=1S/C12H10BrNS/c13-12-6-5-11(15-12)10-7-8-3-1-2-4-9(8)14-10/h1-6,10,14H,7H2. The second-order valence-corrected chi connectivity index (χ2v) is 6.19. The predicted octanol–water partition coefficient (Wildman–Crippen LogP) is 4.22. The summed E-state index contributed by atoms with van der Waals surface area (Å²) < 4.78 is 1.20. The average molecular weight is 280 g/mol. The van der Waals surface area contributed by atoms with Gasteiger partial charge >= 0.3 is 0 Å². The lowest BCUT2D eigenvalue weighted by atomic mass is 10.1. The Hall–Kier alpha value is -0.800. The molecule has 1 nitrogen and oxygen atoms in total. The summed E-state index contributed by atoms with van der Waals surface area (Å²) in [6.45, 7) is 0. The highest BCUT2D eigenvalue weighted by molar-refractivity contribution is 9.11. The smallest absolute Gasteiger partial charge is 0.0702 e. The van der Waals surface area contributed by atoms with Crippen molar-refractivity contribution in [2.75, 3.05) is 5.32 Å². The first-order chi connectivity index (χ1) is 7.33. The summed E-state index contributed by atoms with van der Waals surface area (Å²) in [6.07, 6.45) is 1.10. The Balaban J connectivity index is 1.90. The lowest BCUT2D eigenvalue weighted by Crippen LogP contribution is -2.02. The number of nitrogens with one attached hydrogen (secondary N) is 1. The third-order valence-electron chi connectivity index (χ3n) is 2.71. The highest BCUT2D eigenvalue weighted by Crippen LogP contribution is 2.37. The minimum absolute atomic E-state index is 0.457. The van der Waals surface area contributed by atoms with Crippen LogP contribution in [0.15, 0.2) is 40.2 Å². The molecule has 1 atom stereocenters. The second-order valence-electron chi connectivity index (χ2n) is 3.70. The Labute approximate surface area is 101 Å². The van der Waals surface area contributed by atoms with E-state index >= 15 is 0 Å². The fourth-order valence-corrected chi connectivity index (χ4v) is 3.46.